The van der Waals surface area contributed by atoms with E-state index in [2.05, 4.69) is 24.3 Å². The average Bonchev–Trinajstić information content (AvgIpc) is 3.11. The summed E-state index contributed by atoms with van der Waals surface area (Å²) in [5.41, 5.74) is 2.34. The minimum Gasteiger partial charge on any atom is -0.475 e. The number of benzene rings is 1. The van der Waals surface area contributed by atoms with Crippen LogP contribution in [-0.4, -0.2) is 26.8 Å². The number of hydrogen-bond donors (Lipinski definition) is 2. The van der Waals surface area contributed by atoms with Gasteiger partial charge in [-0.25, -0.2) is 4.79 Å². The number of carbonyl (C=O) groups is 2. The first-order valence-electron chi connectivity index (χ1n) is 7.96. The number of nitrogens with one attached hydrogen (secondary N) is 1. The highest BCUT2D eigenvalue weighted by Crippen LogP contribution is 2.24. The Morgan fingerprint density at radius 3 is 2.76 bits per heavy atom. The predicted octanol–water partition coefficient (Wildman–Crippen LogP) is 3.54. The summed E-state index contributed by atoms with van der Waals surface area (Å²) in [6, 6.07) is 6.41. The Kier molecular flexibility index (Phi) is 4.31. The number of furan rings is 1. The minimum absolute atomic E-state index is 0.135. The van der Waals surface area contributed by atoms with E-state index in [0.29, 0.717) is 28.1 Å². The van der Waals surface area contributed by atoms with Crippen LogP contribution in [0, 0.1) is 12.8 Å². The second-order valence-corrected chi connectivity index (χ2v) is 6.34. The number of carboxylic acid groups (broad SMARTS) is 1. The van der Waals surface area contributed by atoms with Gasteiger partial charge in [0.25, 0.3) is 5.91 Å². The number of aromatic nitrogens is 2. The number of carbonyl (C=O) groups excluding carboxylic acids is 1. The topological polar surface area (TPSA) is 97.4 Å². The molecule has 130 valence electrons. The van der Waals surface area contributed by atoms with E-state index < -0.39 is 5.97 Å². The summed E-state index contributed by atoms with van der Waals surface area (Å²) in [4.78, 5) is 23.5. The zero-order valence-electron chi connectivity index (χ0n) is 14.2. The summed E-state index contributed by atoms with van der Waals surface area (Å²) in [7, 11) is 0. The number of rotatable bonds is 5. The highest BCUT2D eigenvalue weighted by molar-refractivity contribution is 6.05. The van der Waals surface area contributed by atoms with Gasteiger partial charge in [0.1, 0.15) is 5.58 Å². The lowest BCUT2D eigenvalue weighted by molar-refractivity contribution is 0.0665. The molecule has 1 aromatic carbocycles. The zero-order valence-corrected chi connectivity index (χ0v) is 14.2. The lowest BCUT2D eigenvalue weighted by Crippen LogP contribution is -2.14. The monoisotopic (exact) mass is 341 g/mol. The Hall–Kier alpha value is -3.09. The van der Waals surface area contributed by atoms with Gasteiger partial charge in [0.15, 0.2) is 0 Å². The second-order valence-electron chi connectivity index (χ2n) is 6.34. The van der Waals surface area contributed by atoms with E-state index in [9.17, 15) is 9.59 Å². The molecule has 0 fully saturated rings. The van der Waals surface area contributed by atoms with Crippen molar-refractivity contribution in [1.29, 1.82) is 0 Å². The first kappa shape index (κ1) is 16.8. The van der Waals surface area contributed by atoms with Crippen molar-refractivity contribution in [3.05, 3.63) is 47.5 Å². The Morgan fingerprint density at radius 2 is 2.08 bits per heavy atom. The molecule has 0 aliphatic rings. The summed E-state index contributed by atoms with van der Waals surface area (Å²) in [6.07, 6.45) is 1.56. The van der Waals surface area contributed by atoms with Gasteiger partial charge in [0, 0.05) is 23.3 Å². The van der Waals surface area contributed by atoms with Crippen LogP contribution in [-0.2, 0) is 6.54 Å². The Balaban J connectivity index is 1.82. The molecule has 0 bridgehead atoms. The van der Waals surface area contributed by atoms with E-state index in [1.165, 1.54) is 6.07 Å². The molecule has 0 saturated heterocycles. The van der Waals surface area contributed by atoms with Crippen LogP contribution in [0.3, 0.4) is 0 Å². The maximum absolute atomic E-state index is 12.5. The van der Waals surface area contributed by atoms with Crippen LogP contribution in [0.1, 0.15) is 40.5 Å². The predicted molar refractivity (Wildman–Crippen MR) is 92.9 cm³/mol. The second kappa shape index (κ2) is 6.43. The normalized spacial score (nSPS) is 11.2. The first-order chi connectivity index (χ1) is 11.8. The third-order valence-electron chi connectivity index (χ3n) is 3.87. The van der Waals surface area contributed by atoms with Crippen LogP contribution in [0.15, 0.2) is 34.9 Å². The Labute approximate surface area is 144 Å². The van der Waals surface area contributed by atoms with Gasteiger partial charge in [-0.2, -0.15) is 5.10 Å². The van der Waals surface area contributed by atoms with E-state index in [1.807, 2.05) is 11.6 Å². The van der Waals surface area contributed by atoms with Crippen LogP contribution in [0.4, 0.5) is 5.69 Å². The van der Waals surface area contributed by atoms with Crippen molar-refractivity contribution in [2.45, 2.75) is 27.3 Å². The summed E-state index contributed by atoms with van der Waals surface area (Å²) in [6.45, 7) is 6.79. The standard InChI is InChI=1S/C18H19N3O4/c1-10(2)9-21-11(3)14(8-19-21)17(22)20-13-4-5-15-12(6-13)7-16(25-15)18(23)24/h4-8,10H,9H2,1-3H3,(H,20,22)(H,23,24). The van der Waals surface area contributed by atoms with Crippen molar-refractivity contribution in [3.63, 3.8) is 0 Å². The van der Waals surface area contributed by atoms with Crippen LogP contribution in [0.2, 0.25) is 0 Å². The highest BCUT2D eigenvalue weighted by Gasteiger charge is 2.16. The molecule has 0 aliphatic heterocycles. The summed E-state index contributed by atoms with van der Waals surface area (Å²) >= 11 is 0. The molecule has 0 aliphatic carbocycles. The number of nitrogens with zero attached hydrogens (tertiary/aromatic N) is 2. The molecule has 25 heavy (non-hydrogen) atoms. The fraction of sp³-hybridized carbons (Fsp3) is 0.278. The largest absolute Gasteiger partial charge is 0.475 e. The van der Waals surface area contributed by atoms with Gasteiger partial charge < -0.3 is 14.8 Å². The molecule has 2 N–H and O–H groups in total. The van der Waals surface area contributed by atoms with Crippen LogP contribution < -0.4 is 5.32 Å². The molecule has 2 heterocycles. The molecule has 0 unspecified atom stereocenters. The lowest BCUT2D eigenvalue weighted by Gasteiger charge is -2.08. The van der Waals surface area contributed by atoms with Crippen molar-refractivity contribution < 1.29 is 19.1 Å². The van der Waals surface area contributed by atoms with Gasteiger partial charge in [-0.1, -0.05) is 13.8 Å². The first-order valence-corrected chi connectivity index (χ1v) is 7.96. The van der Waals surface area contributed by atoms with Crippen molar-refractivity contribution in [2.75, 3.05) is 5.32 Å². The van der Waals surface area contributed by atoms with Gasteiger partial charge in [-0.05, 0) is 37.1 Å². The third-order valence-corrected chi connectivity index (χ3v) is 3.87. The third kappa shape index (κ3) is 3.40. The van der Waals surface area contributed by atoms with Gasteiger partial charge in [-0.3, -0.25) is 9.48 Å². The van der Waals surface area contributed by atoms with E-state index in [0.717, 1.165) is 12.2 Å². The summed E-state index contributed by atoms with van der Waals surface area (Å²) in [5.74, 6) is -1.09. The number of hydrogen-bond acceptors (Lipinski definition) is 4. The van der Waals surface area contributed by atoms with Crippen molar-refractivity contribution >= 4 is 28.5 Å². The molecule has 0 spiro atoms. The SMILES string of the molecule is Cc1c(C(=O)Nc2ccc3oc(C(=O)O)cc3c2)cnn1CC(C)C. The number of fused-ring (bicyclic) bond motifs is 1. The molecule has 3 rings (SSSR count). The zero-order chi connectivity index (χ0) is 18.1. The summed E-state index contributed by atoms with van der Waals surface area (Å²) in [5, 5.41) is 16.7. The molecule has 3 aromatic rings. The maximum atomic E-state index is 12.5. The fourth-order valence-corrected chi connectivity index (χ4v) is 2.62. The molecule has 7 heteroatoms. The Bertz CT molecular complexity index is 953. The molecule has 0 atom stereocenters. The van der Waals surface area contributed by atoms with Gasteiger partial charge in [0.2, 0.25) is 5.76 Å². The number of amides is 1. The number of aromatic carboxylic acids is 1. The average molecular weight is 341 g/mol. The maximum Gasteiger partial charge on any atom is 0.371 e. The van der Waals surface area contributed by atoms with Crippen molar-refractivity contribution in [1.82, 2.24) is 9.78 Å². The number of anilines is 1. The highest BCUT2D eigenvalue weighted by atomic mass is 16.4. The smallest absolute Gasteiger partial charge is 0.371 e. The van der Waals surface area contributed by atoms with Crippen LogP contribution >= 0.6 is 0 Å². The van der Waals surface area contributed by atoms with E-state index in [1.54, 1.807) is 24.4 Å². The van der Waals surface area contributed by atoms with Crippen LogP contribution in [0.5, 0.6) is 0 Å². The molecule has 1 amide bonds. The molecule has 0 radical (unpaired) electrons. The minimum atomic E-state index is -1.13. The fourth-order valence-electron chi connectivity index (χ4n) is 2.62. The lowest BCUT2D eigenvalue weighted by atomic mass is 10.2. The van der Waals surface area contributed by atoms with E-state index in [4.69, 9.17) is 9.52 Å². The molecular formula is C18H19N3O4. The Morgan fingerprint density at radius 1 is 1.32 bits per heavy atom. The van der Waals surface area contributed by atoms with Gasteiger partial charge >= 0.3 is 5.97 Å². The molecule has 2 aromatic heterocycles. The van der Waals surface area contributed by atoms with Gasteiger partial charge in [-0.15, -0.1) is 0 Å². The molecule has 7 nitrogen and oxygen atoms in total. The van der Waals surface area contributed by atoms with E-state index >= 15 is 0 Å². The van der Waals surface area contributed by atoms with E-state index in [-0.39, 0.29) is 11.7 Å². The van der Waals surface area contributed by atoms with Crippen LogP contribution in [0.25, 0.3) is 11.0 Å². The van der Waals surface area contributed by atoms with Crippen molar-refractivity contribution in [3.8, 4) is 0 Å². The molecule has 0 saturated carbocycles. The molecular weight excluding hydrogens is 322 g/mol. The van der Waals surface area contributed by atoms with Crippen molar-refractivity contribution in [2.24, 2.45) is 5.92 Å². The summed E-state index contributed by atoms with van der Waals surface area (Å²) < 4.78 is 7.03. The quantitative estimate of drug-likeness (QED) is 0.740. The number of carboxylic acids is 1. The van der Waals surface area contributed by atoms with Gasteiger partial charge in [0.05, 0.1) is 11.8 Å².